The molecule has 0 bridgehead atoms. The Labute approximate surface area is 275 Å². The standard InChI is InChI=1S/C40H60N2.Ni/c1-5-9-13-15-17-21-27-35-29-23-25-31-37(35)41-39(33-19-11-7-3)40(34-20-12-8-4)42-38-32-26-24-30-36(38)28-22-18-16-14-10-6-2;/h13-16,23-26,29-32H,5-12,17-22,27-28,33-34H2,1-4H3;. The summed E-state index contributed by atoms with van der Waals surface area (Å²) in [4.78, 5) is 10.9. The number of allylic oxidation sites excluding steroid dienone is 4. The second kappa shape index (κ2) is 26.2. The topological polar surface area (TPSA) is 24.7 Å². The van der Waals surface area contributed by atoms with Crippen molar-refractivity contribution in [2.45, 2.75) is 143 Å². The van der Waals surface area contributed by atoms with Crippen LogP contribution < -0.4 is 0 Å². The van der Waals surface area contributed by atoms with E-state index in [1.807, 2.05) is 0 Å². The van der Waals surface area contributed by atoms with E-state index in [0.717, 1.165) is 75.6 Å². The van der Waals surface area contributed by atoms with Gasteiger partial charge in [-0.15, -0.1) is 0 Å². The monoisotopic (exact) mass is 626 g/mol. The first-order chi connectivity index (χ1) is 20.7. The molecule has 2 aromatic carbocycles. The molecule has 0 radical (unpaired) electrons. The zero-order valence-electron chi connectivity index (χ0n) is 27.9. The van der Waals surface area contributed by atoms with Gasteiger partial charge < -0.3 is 0 Å². The Morgan fingerprint density at radius 2 is 0.884 bits per heavy atom. The molecule has 0 spiro atoms. The van der Waals surface area contributed by atoms with Crippen LogP contribution in [0, 0.1) is 0 Å². The summed E-state index contributed by atoms with van der Waals surface area (Å²) in [5.74, 6) is 0. The van der Waals surface area contributed by atoms with Crippen LogP contribution in [0.1, 0.15) is 142 Å². The predicted molar refractivity (Wildman–Crippen MR) is 189 cm³/mol. The normalized spacial score (nSPS) is 12.4. The molecule has 2 rings (SSSR count). The molecule has 2 nitrogen and oxygen atoms in total. The number of rotatable bonds is 23. The minimum Gasteiger partial charge on any atom is -0.251 e. The van der Waals surface area contributed by atoms with Gasteiger partial charge in [0.05, 0.1) is 22.8 Å². The molecule has 3 heteroatoms. The molecule has 43 heavy (non-hydrogen) atoms. The molecule has 0 amide bonds. The molecule has 0 aliphatic rings. The van der Waals surface area contributed by atoms with Gasteiger partial charge >= 0.3 is 0 Å². The van der Waals surface area contributed by atoms with Gasteiger partial charge in [-0.3, -0.25) is 9.98 Å². The van der Waals surface area contributed by atoms with Gasteiger partial charge in [-0.2, -0.15) is 0 Å². The van der Waals surface area contributed by atoms with Crippen molar-refractivity contribution in [2.24, 2.45) is 9.98 Å². The van der Waals surface area contributed by atoms with Crippen molar-refractivity contribution in [1.82, 2.24) is 0 Å². The van der Waals surface area contributed by atoms with Crippen molar-refractivity contribution in [3.8, 4) is 0 Å². The summed E-state index contributed by atoms with van der Waals surface area (Å²) in [6, 6.07) is 17.6. The fourth-order valence-corrected chi connectivity index (χ4v) is 5.19. The minimum atomic E-state index is 0. The molecular weight excluding hydrogens is 567 g/mol. The molecule has 0 aromatic heterocycles. The summed E-state index contributed by atoms with van der Waals surface area (Å²) < 4.78 is 0. The van der Waals surface area contributed by atoms with Crippen molar-refractivity contribution < 1.29 is 16.5 Å². The van der Waals surface area contributed by atoms with Gasteiger partial charge in [0.2, 0.25) is 0 Å². The fraction of sp³-hybridized carbons (Fsp3) is 0.550. The number of para-hydroxylation sites is 2. The van der Waals surface area contributed by atoms with Gasteiger partial charge in [-0.05, 0) is 100 Å². The van der Waals surface area contributed by atoms with Gasteiger partial charge in [0.15, 0.2) is 0 Å². The van der Waals surface area contributed by atoms with Crippen molar-refractivity contribution in [3.05, 3.63) is 84.0 Å². The summed E-state index contributed by atoms with van der Waals surface area (Å²) >= 11 is 0. The van der Waals surface area contributed by atoms with Crippen LogP contribution >= 0.6 is 0 Å². The largest absolute Gasteiger partial charge is 0.251 e. The molecule has 0 heterocycles. The van der Waals surface area contributed by atoms with E-state index in [2.05, 4.69) is 101 Å². The van der Waals surface area contributed by atoms with E-state index in [9.17, 15) is 0 Å². The second-order valence-electron chi connectivity index (χ2n) is 11.6. The summed E-state index contributed by atoms with van der Waals surface area (Å²) in [7, 11) is 0. The summed E-state index contributed by atoms with van der Waals surface area (Å²) in [6.45, 7) is 9.04. The van der Waals surface area contributed by atoms with Crippen molar-refractivity contribution >= 4 is 22.8 Å². The van der Waals surface area contributed by atoms with Gasteiger partial charge in [0.25, 0.3) is 0 Å². The zero-order chi connectivity index (χ0) is 30.1. The molecule has 0 aliphatic carbocycles. The van der Waals surface area contributed by atoms with E-state index in [4.69, 9.17) is 9.98 Å². The molecule has 0 N–H and O–H groups in total. The smallest absolute Gasteiger partial charge is 0.0665 e. The Morgan fingerprint density at radius 1 is 0.488 bits per heavy atom. The molecule has 0 fully saturated rings. The Balaban J connectivity index is 0.00000924. The van der Waals surface area contributed by atoms with E-state index >= 15 is 0 Å². The van der Waals surface area contributed by atoms with Crippen molar-refractivity contribution in [2.75, 3.05) is 0 Å². The van der Waals surface area contributed by atoms with Gasteiger partial charge in [0, 0.05) is 16.5 Å². The quantitative estimate of drug-likeness (QED) is 0.0507. The molecular formula is C40H60N2Ni. The second-order valence-corrected chi connectivity index (χ2v) is 11.6. The van der Waals surface area contributed by atoms with Crippen LogP contribution in [0.2, 0.25) is 0 Å². The van der Waals surface area contributed by atoms with E-state index < -0.39 is 0 Å². The first-order valence-electron chi connectivity index (χ1n) is 17.3. The summed E-state index contributed by atoms with van der Waals surface area (Å²) in [5.41, 5.74) is 7.39. The fourth-order valence-electron chi connectivity index (χ4n) is 5.19. The van der Waals surface area contributed by atoms with Crippen LogP contribution in [-0.4, -0.2) is 11.4 Å². The van der Waals surface area contributed by atoms with Crippen LogP contribution in [-0.2, 0) is 29.3 Å². The number of unbranched alkanes of at least 4 members (excludes halogenated alkanes) is 8. The van der Waals surface area contributed by atoms with E-state index in [1.54, 1.807) is 0 Å². The maximum atomic E-state index is 5.43. The van der Waals surface area contributed by atoms with Crippen LogP contribution in [0.4, 0.5) is 11.4 Å². The number of benzene rings is 2. The molecule has 0 saturated heterocycles. The van der Waals surface area contributed by atoms with Crippen LogP contribution in [0.5, 0.6) is 0 Å². The van der Waals surface area contributed by atoms with Crippen LogP contribution in [0.25, 0.3) is 0 Å². The van der Waals surface area contributed by atoms with Gasteiger partial charge in [-0.25, -0.2) is 0 Å². The maximum absolute atomic E-state index is 5.43. The third kappa shape index (κ3) is 17.0. The minimum absolute atomic E-state index is 0. The molecule has 0 aliphatic heterocycles. The predicted octanol–water partition coefficient (Wildman–Crippen LogP) is 13.0. The SMILES string of the molecule is CCCC=CCCCc1ccccc1N=C(CCCCC)C(CCCCC)=Nc1ccccc1CCCC=CCCC.[Ni]. The summed E-state index contributed by atoms with van der Waals surface area (Å²) in [5, 5.41) is 0. The van der Waals surface area contributed by atoms with Crippen LogP contribution in [0.15, 0.2) is 82.8 Å². The van der Waals surface area contributed by atoms with Gasteiger partial charge in [-0.1, -0.05) is 127 Å². The average molecular weight is 628 g/mol. The number of aliphatic imine (C=N–C) groups is 2. The first kappa shape index (κ1) is 38.8. The van der Waals surface area contributed by atoms with Crippen LogP contribution in [0.3, 0.4) is 0 Å². The average Bonchev–Trinajstić information content (AvgIpc) is 3.01. The third-order valence-electron chi connectivity index (χ3n) is 7.74. The van der Waals surface area contributed by atoms with E-state index in [-0.39, 0.29) is 16.5 Å². The molecule has 0 unspecified atom stereocenters. The van der Waals surface area contributed by atoms with Gasteiger partial charge in [0.1, 0.15) is 0 Å². The van der Waals surface area contributed by atoms with Crippen molar-refractivity contribution in [1.29, 1.82) is 0 Å². The first-order valence-corrected chi connectivity index (χ1v) is 17.3. The summed E-state index contributed by atoms with van der Waals surface area (Å²) in [6.07, 6.45) is 30.1. The Hall–Kier alpha value is -2.25. The number of aryl methyl sites for hydroxylation is 2. The van der Waals surface area contributed by atoms with E-state index in [1.165, 1.54) is 73.9 Å². The number of hydrogen-bond acceptors (Lipinski definition) is 2. The molecule has 240 valence electrons. The number of nitrogens with zero attached hydrogens (tertiary/aromatic N) is 2. The zero-order valence-corrected chi connectivity index (χ0v) is 28.9. The maximum Gasteiger partial charge on any atom is 0.0665 e. The van der Waals surface area contributed by atoms with Crippen molar-refractivity contribution in [3.63, 3.8) is 0 Å². The molecule has 2 aromatic rings. The Bertz CT molecular complexity index is 1010. The molecule has 0 saturated carbocycles. The van der Waals surface area contributed by atoms with E-state index in [0.29, 0.717) is 0 Å². The third-order valence-corrected chi connectivity index (χ3v) is 7.74. The number of hydrogen-bond donors (Lipinski definition) is 0. The Kier molecular flexibility index (Phi) is 23.6. The molecule has 0 atom stereocenters. The Morgan fingerprint density at radius 3 is 1.28 bits per heavy atom.